The molecule has 12 nitrogen and oxygen atoms in total. The fourth-order valence-corrected chi connectivity index (χ4v) is 15.0. The van der Waals surface area contributed by atoms with Gasteiger partial charge in [-0.25, -0.2) is 37.5 Å². The molecule has 12 rings (SSSR count). The van der Waals surface area contributed by atoms with E-state index in [-0.39, 0.29) is 7.43 Å². The minimum Gasteiger partial charge on any atom is -0.663 e. The summed E-state index contributed by atoms with van der Waals surface area (Å²) in [6.07, 6.45) is 18.1. The van der Waals surface area contributed by atoms with Crippen LogP contribution >= 0.6 is 119 Å². The van der Waals surface area contributed by atoms with Gasteiger partial charge in [-0.2, -0.15) is 6.20 Å². The van der Waals surface area contributed by atoms with Crippen LogP contribution in [-0.4, -0.2) is 83.5 Å². The molecule has 5 aromatic carbocycles. The van der Waals surface area contributed by atoms with E-state index in [0.29, 0.717) is 17.8 Å². The van der Waals surface area contributed by atoms with Crippen LogP contribution in [0.15, 0.2) is 146 Å². The Bertz CT molecular complexity index is 3400. The number of hydrogen-bond donors (Lipinski definition) is 0. The highest BCUT2D eigenvalue weighted by Gasteiger charge is 2.32. The molecule has 3 saturated heterocycles. The number of rotatable bonds is 12. The predicted molar refractivity (Wildman–Crippen MR) is 354 cm³/mol. The van der Waals surface area contributed by atoms with E-state index in [1.807, 2.05) is 73.2 Å². The number of allylic oxidation sites excluding steroid dienone is 4. The van der Waals surface area contributed by atoms with Crippen LogP contribution in [0.25, 0.3) is 60.3 Å². The quantitative estimate of drug-likeness (QED) is 0.0381. The molecule has 82 heavy (non-hydrogen) atoms. The molecule has 6 heterocycles. The smallest absolute Gasteiger partial charge is 0.121 e. The summed E-state index contributed by atoms with van der Waals surface area (Å²) >= 11 is 33.9. The van der Waals surface area contributed by atoms with Crippen molar-refractivity contribution in [1.82, 2.24) is 22.9 Å². The van der Waals surface area contributed by atoms with Gasteiger partial charge in [0.25, 0.3) is 0 Å². The average Bonchev–Trinajstić information content (AvgIpc) is 3.60. The Labute approximate surface area is 533 Å². The van der Waals surface area contributed by atoms with Crippen molar-refractivity contribution >= 4 is 174 Å². The van der Waals surface area contributed by atoms with Crippen LogP contribution in [0.5, 0.6) is 0 Å². The number of hydrogen-bond acceptors (Lipinski definition) is 14. The Kier molecular flexibility index (Phi) is 23.6. The van der Waals surface area contributed by atoms with E-state index in [0.717, 1.165) is 156 Å². The summed E-state index contributed by atoms with van der Waals surface area (Å²) in [5.74, 6) is 1.26. The molecule has 0 N–H and O–H groups in total. The van der Waals surface area contributed by atoms with Crippen LogP contribution in [-0.2, 0) is 27.7 Å². The van der Waals surface area contributed by atoms with Crippen molar-refractivity contribution in [2.75, 3.05) is 60.6 Å². The van der Waals surface area contributed by atoms with Crippen LogP contribution in [0.3, 0.4) is 0 Å². The first-order chi connectivity index (χ1) is 39.5. The molecule has 2 aromatic heterocycles. The van der Waals surface area contributed by atoms with Crippen molar-refractivity contribution in [2.45, 2.75) is 57.8 Å². The van der Waals surface area contributed by atoms with Gasteiger partial charge in [0, 0.05) is 153 Å². The lowest BCUT2D eigenvalue weighted by molar-refractivity contribution is -0.163. The molecule has 0 radical (unpaired) electrons. The molecular formula is C61H61Br3Cl3N6O6S3+. The molecule has 5 aliphatic rings. The van der Waals surface area contributed by atoms with Gasteiger partial charge >= 0.3 is 0 Å². The Morgan fingerprint density at radius 3 is 1.50 bits per heavy atom. The molecule has 0 unspecified atom stereocenters. The molecule has 0 atom stereocenters. The van der Waals surface area contributed by atoms with E-state index in [1.165, 1.54) is 91.1 Å². The highest BCUT2D eigenvalue weighted by Crippen LogP contribution is 2.48. The lowest BCUT2D eigenvalue weighted by Gasteiger charge is -2.37. The van der Waals surface area contributed by atoms with Gasteiger partial charge in [0.05, 0.1) is 73.7 Å². The molecular weight excluding hydrogens is 1350 g/mol. The third-order valence-corrected chi connectivity index (χ3v) is 19.9. The molecule has 0 amide bonds. The van der Waals surface area contributed by atoms with Gasteiger partial charge in [0.15, 0.2) is 0 Å². The maximum atomic E-state index is 6.29. The Morgan fingerprint density at radius 1 is 0.585 bits per heavy atom. The van der Waals surface area contributed by atoms with E-state index in [1.54, 1.807) is 0 Å². The molecule has 430 valence electrons. The van der Waals surface area contributed by atoms with E-state index in [9.17, 15) is 0 Å². The topological polar surface area (TPSA) is 105 Å². The van der Waals surface area contributed by atoms with Crippen LogP contribution in [0.4, 0.5) is 0 Å². The minimum absolute atomic E-state index is 0. The van der Waals surface area contributed by atoms with Crippen LogP contribution in [0, 0.1) is 5.92 Å². The molecule has 4 aliphatic heterocycles. The number of piperidine rings is 3. The summed E-state index contributed by atoms with van der Waals surface area (Å²) < 4.78 is 24.7. The number of nitrogens with zero attached hydrogens (tertiary/aromatic N) is 6. The molecule has 0 bridgehead atoms. The predicted octanol–water partition coefficient (Wildman–Crippen LogP) is 19.9. The normalized spacial score (nSPS) is 17.4. The summed E-state index contributed by atoms with van der Waals surface area (Å²) in [5.41, 5.74) is 10.6. The van der Waals surface area contributed by atoms with E-state index >= 15 is 0 Å². The molecule has 0 spiro atoms. The van der Waals surface area contributed by atoms with Gasteiger partial charge in [-0.15, -0.1) is 18.7 Å². The summed E-state index contributed by atoms with van der Waals surface area (Å²) in [4.78, 5) is 23.6. The number of benzene rings is 3. The Balaban J connectivity index is 0.000000147. The molecule has 7 aromatic rings. The fourth-order valence-electron chi connectivity index (χ4n) is 11.3. The molecule has 1 aliphatic carbocycles. The van der Waals surface area contributed by atoms with Gasteiger partial charge in [0.1, 0.15) is 57.8 Å². The highest BCUT2D eigenvalue weighted by atomic mass is 79.9. The van der Waals surface area contributed by atoms with Crippen molar-refractivity contribution in [3.63, 3.8) is 0 Å². The van der Waals surface area contributed by atoms with Crippen LogP contribution in [0.1, 0.15) is 80.0 Å². The van der Waals surface area contributed by atoms with E-state index < -0.39 is 0 Å². The third kappa shape index (κ3) is 15.2. The Hall–Kier alpha value is -3.06. The van der Waals surface area contributed by atoms with Gasteiger partial charge in [0.2, 0.25) is 0 Å². The largest absolute Gasteiger partial charge is 0.663 e. The first-order valence-electron chi connectivity index (χ1n) is 26.4. The monoisotopic (exact) mass is 1410 g/mol. The molecule has 21 heteroatoms. The summed E-state index contributed by atoms with van der Waals surface area (Å²) in [6, 6.07) is 30.9. The summed E-state index contributed by atoms with van der Waals surface area (Å²) in [5, 5.41) is 13.9. The van der Waals surface area contributed by atoms with Crippen molar-refractivity contribution in [2.24, 2.45) is 5.92 Å². The van der Waals surface area contributed by atoms with Gasteiger partial charge in [-0.1, -0.05) is 58.7 Å². The molecule has 0 saturated carbocycles. The van der Waals surface area contributed by atoms with Crippen molar-refractivity contribution in [3.8, 4) is 0 Å². The number of fused-ring (bicyclic) bond motifs is 6. The van der Waals surface area contributed by atoms with Crippen LogP contribution < -0.4 is 0 Å². The van der Waals surface area contributed by atoms with Crippen molar-refractivity contribution < 1.29 is 27.7 Å². The maximum absolute atomic E-state index is 6.29. The second-order valence-electron chi connectivity index (χ2n) is 19.6. The summed E-state index contributed by atoms with van der Waals surface area (Å²) in [6.45, 7) is 5.59. The minimum atomic E-state index is 0. The first-order valence-corrected chi connectivity index (χ1v) is 32.0. The third-order valence-electron chi connectivity index (χ3n) is 14.9. The standard InChI is InChI=1S/3C20H19BrClN2O2S.CH4/c3*1-25-26-27-24-9-6-13(7-10-24)19-16-5-4-15(22)11-14(16)12-18(21)17-3-2-8-23-20(17)19;/h3*2-5,8,11-13H,6-7,9-10H2,1H3;1H4/q-1;2*+1;. The highest BCUT2D eigenvalue weighted by molar-refractivity contribution is 9.12. The first kappa shape index (κ1) is 63.4. The lowest BCUT2D eigenvalue weighted by Crippen LogP contribution is -2.29. The SMILES string of the molecule is C.COOSN1CCC(C2=C3[N-]C=CC=C3C(Br)=Cc3cc(Cl)ccc32)CC1.COOSN1CCC(c2c3ncccc3c(Br)c[c+]3cc(Cl)ccc23)CC1.COOSN1CCC(c2c3ncccc3c(Br)c[c+]3cc(Cl)ccc23)CC1. The average molecular weight is 1420 g/mol. The maximum Gasteiger partial charge on any atom is 0.121 e. The number of pyridine rings is 2. The fraction of sp³-hybridized carbons (Fsp3) is 0.311. The second kappa shape index (κ2) is 30.5. The van der Waals surface area contributed by atoms with Crippen molar-refractivity contribution in [1.29, 1.82) is 0 Å². The second-order valence-corrected chi connectivity index (χ2v) is 25.9. The number of halogens is 6. The lowest BCUT2D eigenvalue weighted by atomic mass is 9.82. The van der Waals surface area contributed by atoms with E-state index in [2.05, 4.69) is 115 Å². The summed E-state index contributed by atoms with van der Waals surface area (Å²) in [7, 11) is 4.57. The Morgan fingerprint density at radius 2 is 1.04 bits per heavy atom. The van der Waals surface area contributed by atoms with Gasteiger partial charge in [-0.05, 0) is 127 Å². The zero-order valence-corrected chi connectivity index (χ0v) is 53.9. The van der Waals surface area contributed by atoms with E-state index in [4.69, 9.17) is 77.8 Å². The van der Waals surface area contributed by atoms with Gasteiger partial charge in [-0.3, -0.25) is 0 Å². The van der Waals surface area contributed by atoms with Crippen molar-refractivity contribution in [3.05, 3.63) is 189 Å². The zero-order chi connectivity index (χ0) is 56.4. The number of aromatic nitrogens is 2. The zero-order valence-electron chi connectivity index (χ0n) is 44.5. The molecule has 3 fully saturated rings. The van der Waals surface area contributed by atoms with Crippen LogP contribution in [0.2, 0.25) is 15.1 Å². The van der Waals surface area contributed by atoms with Gasteiger partial charge < -0.3 is 5.32 Å².